The van der Waals surface area contributed by atoms with Crippen LogP contribution < -0.4 is 0 Å². The van der Waals surface area contributed by atoms with Crippen LogP contribution in [0.5, 0.6) is 0 Å². The minimum absolute atomic E-state index is 0.0261. The molecule has 5 aromatic carbocycles. The summed E-state index contributed by atoms with van der Waals surface area (Å²) in [6, 6.07) is 41.4. The lowest BCUT2D eigenvalue weighted by molar-refractivity contribution is -0.406. The number of aliphatic hydroxyl groups is 1. The van der Waals surface area contributed by atoms with Crippen molar-refractivity contribution in [3.63, 3.8) is 0 Å². The molecule has 0 saturated carbocycles. The van der Waals surface area contributed by atoms with Crippen LogP contribution in [0.3, 0.4) is 0 Å². The fraction of sp³-hybridized carbons (Fsp3) is 0.519. The van der Waals surface area contributed by atoms with Gasteiger partial charge in [0.05, 0.1) is 46.2 Å². The van der Waals surface area contributed by atoms with E-state index in [1.54, 1.807) is 125 Å². The molecule has 25 atom stereocenters. The Morgan fingerprint density at radius 3 is 1.22 bits per heavy atom. The second-order valence-corrected chi connectivity index (χ2v) is 28.5. The van der Waals surface area contributed by atoms with E-state index in [4.69, 9.17) is 85.3 Å². The molecule has 30 heteroatoms. The van der Waals surface area contributed by atoms with Crippen molar-refractivity contribution in [1.29, 1.82) is 0 Å². The van der Waals surface area contributed by atoms with Gasteiger partial charge in [-0.3, -0.25) is 53.0 Å². The lowest BCUT2D eigenvalue weighted by Crippen LogP contribution is -2.72. The Morgan fingerprint density at radius 2 is 0.757 bits per heavy atom. The first-order valence-corrected chi connectivity index (χ1v) is 37.1. The van der Waals surface area contributed by atoms with Crippen molar-refractivity contribution in [3.8, 4) is 0 Å². The van der Waals surface area contributed by atoms with E-state index < -0.39 is 219 Å². The van der Waals surface area contributed by atoms with E-state index in [1.807, 2.05) is 54.6 Å². The van der Waals surface area contributed by atoms with Gasteiger partial charge in [0, 0.05) is 63.9 Å². The van der Waals surface area contributed by atoms with Gasteiger partial charge in [0.15, 0.2) is 55.9 Å². The maximum Gasteiger partial charge on any atom is 0.303 e. The largest absolute Gasteiger partial charge is 0.463 e. The summed E-state index contributed by atoms with van der Waals surface area (Å²) in [4.78, 5) is 129. The highest BCUT2D eigenvalue weighted by atomic mass is 16.8. The third kappa shape index (κ3) is 19.3. The average molecular weight is 1540 g/mol. The number of aliphatic hydroxyl groups excluding tert-OH is 1. The molecule has 0 spiro atoms. The monoisotopic (exact) mass is 1540 g/mol. The fourth-order valence-corrected chi connectivity index (χ4v) is 14.9. The smallest absolute Gasteiger partial charge is 0.303 e. The van der Waals surface area contributed by atoms with Crippen LogP contribution in [0.25, 0.3) is 0 Å². The van der Waals surface area contributed by atoms with Crippen molar-refractivity contribution in [3.05, 3.63) is 179 Å². The Hall–Kier alpha value is -8.83. The molecular formula is C81H94N2O28. The summed E-state index contributed by atoms with van der Waals surface area (Å²) in [6.07, 6.45) is -31.2. The van der Waals surface area contributed by atoms with Crippen molar-refractivity contribution < 1.29 is 134 Å². The summed E-state index contributed by atoms with van der Waals surface area (Å²) < 4.78 is 120. The molecule has 7 aliphatic heterocycles. The number of benzene rings is 5. The number of carbonyl (C=O) groups excluding carboxylic acids is 9. The Morgan fingerprint density at radius 1 is 0.387 bits per heavy atom. The first kappa shape index (κ1) is 81.7. The summed E-state index contributed by atoms with van der Waals surface area (Å²) in [7, 11) is 0. The number of fused-ring (bicyclic) bond motifs is 1. The maximum atomic E-state index is 15.5. The third-order valence-electron chi connectivity index (χ3n) is 20.7. The number of ether oxygens (including phenoxy) is 18. The maximum absolute atomic E-state index is 15.5. The van der Waals surface area contributed by atoms with Crippen LogP contribution in [0.2, 0.25) is 0 Å². The average Bonchev–Trinajstić information content (AvgIpc) is 1.71. The highest BCUT2D eigenvalue weighted by Crippen LogP contribution is 2.45. The van der Waals surface area contributed by atoms with Gasteiger partial charge in [-0.25, -0.2) is 0 Å². The lowest BCUT2D eigenvalue weighted by Gasteiger charge is -2.54. The molecule has 596 valence electrons. The summed E-state index contributed by atoms with van der Waals surface area (Å²) in [6.45, 7) is 9.50. The van der Waals surface area contributed by atoms with Gasteiger partial charge in [-0.05, 0) is 22.3 Å². The number of esters is 5. The minimum atomic E-state index is -1.96. The number of carbonyl (C=O) groups is 9. The van der Waals surface area contributed by atoms with Crippen molar-refractivity contribution >= 4 is 53.5 Å². The van der Waals surface area contributed by atoms with Crippen LogP contribution >= 0.6 is 0 Å². The number of hydrogen-bond donors (Lipinski definition) is 1. The number of imide groups is 2. The molecule has 0 bridgehead atoms. The number of amides is 4. The molecule has 5 aromatic rings. The summed E-state index contributed by atoms with van der Waals surface area (Å²) in [5.41, 5.74) is 3.19. The highest BCUT2D eigenvalue weighted by molar-refractivity contribution is 6.06. The first-order valence-electron chi connectivity index (χ1n) is 37.1. The second-order valence-electron chi connectivity index (χ2n) is 28.5. The number of nitrogens with zero attached hydrogens (tertiary/aromatic N) is 2. The standard InChI is InChI=1S/C81H94N2O28/c1-43-44(2)74(90)82(73(43)89)61-67(97-37-54-29-19-12-20-30-54)63(57(104-77(61)93)39-94-35-52-25-15-10-16-26-52)109-81-72(103-51(9)88)70(66-60(107-81)42-99-78(108-66)56-33-23-14-24-34-56)111-79-62(83-75(91)45(3)46(4)76(83)92)68(98-38-55-31-21-13-22-32-55)64(58(105-79)40-95-36-53-27-17-11-18-28-53)110-80-71(102-50(8)87)69(101-49(7)86)65(100-48(6)85)59(106-80)41-96-47(5)84/h10-34,43-46,57-72,77-81,93H,35-42H2,1-9H3/t43?,44?,45?,46?,57-,58-,59-,60-,61-,62-,63-,64-,65+,66+,67-,68-,69+,70+,71-,72-,77?,78?,79+,80+,81+/m1/s1. The van der Waals surface area contributed by atoms with Crippen LogP contribution in [-0.4, -0.2) is 218 Å². The van der Waals surface area contributed by atoms with Crippen LogP contribution in [0.4, 0.5) is 0 Å². The number of hydrogen-bond acceptors (Lipinski definition) is 28. The van der Waals surface area contributed by atoms with E-state index in [9.17, 15) is 38.7 Å². The molecule has 1 N–H and O–H groups in total. The van der Waals surface area contributed by atoms with E-state index >= 15 is 9.59 Å². The fourth-order valence-electron chi connectivity index (χ4n) is 14.9. The number of likely N-dealkylation sites (tertiary alicyclic amines) is 2. The van der Waals surface area contributed by atoms with Gasteiger partial charge < -0.3 is 90.4 Å². The molecule has 0 aliphatic carbocycles. The van der Waals surface area contributed by atoms with Gasteiger partial charge >= 0.3 is 29.8 Å². The second kappa shape index (κ2) is 37.2. The zero-order valence-corrected chi connectivity index (χ0v) is 62.9. The van der Waals surface area contributed by atoms with Crippen molar-refractivity contribution in [2.24, 2.45) is 23.7 Å². The quantitative estimate of drug-likeness (QED) is 0.0323. The Bertz CT molecular complexity index is 3960. The highest BCUT2D eigenvalue weighted by Gasteiger charge is 2.64. The van der Waals surface area contributed by atoms with Gasteiger partial charge in [0.1, 0.15) is 79.7 Å². The van der Waals surface area contributed by atoms with E-state index in [1.165, 1.54) is 0 Å². The first-order chi connectivity index (χ1) is 53.4. The van der Waals surface area contributed by atoms with E-state index in [0.717, 1.165) is 50.0 Å². The summed E-state index contributed by atoms with van der Waals surface area (Å²) >= 11 is 0. The zero-order chi connectivity index (χ0) is 78.7. The van der Waals surface area contributed by atoms with Crippen molar-refractivity contribution in [2.45, 2.75) is 218 Å². The lowest BCUT2D eigenvalue weighted by atomic mass is 9.92. The minimum Gasteiger partial charge on any atom is -0.463 e. The Labute approximate surface area is 641 Å². The van der Waals surface area contributed by atoms with Crippen LogP contribution in [0, 0.1) is 23.7 Å². The molecule has 0 aromatic heterocycles. The molecule has 111 heavy (non-hydrogen) atoms. The van der Waals surface area contributed by atoms with Gasteiger partial charge in [0.25, 0.3) is 0 Å². The summed E-state index contributed by atoms with van der Waals surface area (Å²) in [5, 5.41) is 12.4. The molecule has 4 amide bonds. The van der Waals surface area contributed by atoms with Gasteiger partial charge in [0.2, 0.25) is 23.6 Å². The Kier molecular flexibility index (Phi) is 27.4. The predicted octanol–water partition coefficient (Wildman–Crippen LogP) is 6.06. The summed E-state index contributed by atoms with van der Waals surface area (Å²) in [5.74, 6) is -10.9. The van der Waals surface area contributed by atoms with Gasteiger partial charge in [-0.2, -0.15) is 0 Å². The molecular weight excluding hydrogens is 1450 g/mol. The molecule has 12 rings (SSSR count). The van der Waals surface area contributed by atoms with Gasteiger partial charge in [-0.1, -0.05) is 179 Å². The van der Waals surface area contributed by atoms with E-state index in [-0.39, 0.29) is 39.6 Å². The Balaban J connectivity index is 1.02. The molecule has 7 aliphatic rings. The molecule has 7 saturated heterocycles. The van der Waals surface area contributed by atoms with Crippen molar-refractivity contribution in [2.75, 3.05) is 26.4 Å². The molecule has 7 heterocycles. The predicted molar refractivity (Wildman–Crippen MR) is 381 cm³/mol. The topological polar surface area (TPSA) is 346 Å². The normalized spacial score (nSPS) is 33.5. The van der Waals surface area contributed by atoms with Crippen LogP contribution in [0.15, 0.2) is 152 Å². The molecule has 7 fully saturated rings. The van der Waals surface area contributed by atoms with Crippen LogP contribution in [-0.2, 0) is 155 Å². The van der Waals surface area contributed by atoms with Crippen LogP contribution in [0.1, 0.15) is 96.4 Å². The van der Waals surface area contributed by atoms with Crippen molar-refractivity contribution in [1.82, 2.24) is 9.80 Å². The van der Waals surface area contributed by atoms with Gasteiger partial charge in [-0.15, -0.1) is 0 Å². The van der Waals surface area contributed by atoms with E-state index in [2.05, 4.69) is 0 Å². The molecule has 0 radical (unpaired) electrons. The zero-order valence-electron chi connectivity index (χ0n) is 62.9. The van der Waals surface area contributed by atoms with E-state index in [0.29, 0.717) is 22.3 Å². The SMILES string of the molecule is CC(=O)OC[C@H]1O[C@@H](O[C@H]2[C@H](OCc3ccccc3)[C@@H](N3C(=O)C(C)C(C)C3=O)[C@H](O[C@H]3[C@H]4OC(c5ccccc5)OC[C@H]4O[C@@H](O[C@H]4[C@H](OCc5ccccc5)[C@@H](N5C(=O)C(C)C(C)C5=O)C(O)O[C@@H]4COCc4ccccc4)[C@@H]3OC(C)=O)O[C@@H]2COCc2ccccc2)[C@H](OC(C)=O)[C@@H](OC(C)=O)[C@H]1OC(C)=O. The number of rotatable bonds is 29. The molecule has 6 unspecified atom stereocenters. The third-order valence-corrected chi connectivity index (χ3v) is 20.7. The molecule has 30 nitrogen and oxygen atoms in total.